The Morgan fingerprint density at radius 3 is 2.41 bits per heavy atom. The number of hydrogen-bond acceptors (Lipinski definition) is 4. The van der Waals surface area contributed by atoms with E-state index in [0.717, 1.165) is 0 Å². The average Bonchev–Trinajstić information content (AvgIpc) is 2.61. The quantitative estimate of drug-likeness (QED) is 0.732. The second-order valence-electron chi connectivity index (χ2n) is 7.08. The molecule has 0 unspecified atom stereocenters. The number of nitrogens with one attached hydrogen (secondary N) is 2. The minimum absolute atomic E-state index is 0.193. The Balaban J connectivity index is 2.12. The highest BCUT2D eigenvalue weighted by atomic mass is 16.5. The lowest BCUT2D eigenvalue weighted by molar-refractivity contribution is 0.0918. The second-order valence-corrected chi connectivity index (χ2v) is 7.08. The van der Waals surface area contributed by atoms with E-state index in [1.54, 1.807) is 55.6 Å². The third-order valence-electron chi connectivity index (χ3n) is 3.55. The fraction of sp³-hybridized carbons (Fsp3) is 0.333. The molecule has 2 aromatic carbocycles. The van der Waals surface area contributed by atoms with Crippen molar-refractivity contribution < 1.29 is 19.1 Å². The molecule has 0 bridgehead atoms. The third kappa shape index (κ3) is 6.42. The molecule has 0 aromatic heterocycles. The molecule has 0 spiro atoms. The van der Waals surface area contributed by atoms with Crippen LogP contribution in [0.2, 0.25) is 0 Å². The first-order valence-electron chi connectivity index (χ1n) is 8.75. The van der Waals surface area contributed by atoms with Crippen molar-refractivity contribution in [2.75, 3.05) is 25.6 Å². The Bertz CT molecular complexity index is 797. The van der Waals surface area contributed by atoms with Crippen molar-refractivity contribution in [1.29, 1.82) is 0 Å². The zero-order valence-corrected chi connectivity index (χ0v) is 16.2. The molecule has 0 saturated carbocycles. The largest absolute Gasteiger partial charge is 0.490 e. The zero-order chi connectivity index (χ0) is 19.9. The highest BCUT2D eigenvalue weighted by Gasteiger charge is 2.17. The molecule has 0 fully saturated rings. The lowest BCUT2D eigenvalue weighted by atomic mass is 10.1. The summed E-state index contributed by atoms with van der Waals surface area (Å²) in [7, 11) is 1.59. The molecule has 6 heteroatoms. The summed E-state index contributed by atoms with van der Waals surface area (Å²) in [5.74, 6) is -0.0213. The van der Waals surface area contributed by atoms with Crippen LogP contribution in [-0.2, 0) is 4.74 Å². The van der Waals surface area contributed by atoms with E-state index in [9.17, 15) is 9.59 Å². The maximum absolute atomic E-state index is 12.7. The minimum Gasteiger partial charge on any atom is -0.490 e. The highest BCUT2D eigenvalue weighted by Crippen LogP contribution is 2.20. The number of ether oxygens (including phenoxy) is 2. The van der Waals surface area contributed by atoms with Crippen LogP contribution < -0.4 is 15.4 Å². The van der Waals surface area contributed by atoms with Crippen molar-refractivity contribution in [3.63, 3.8) is 0 Å². The number of para-hydroxylation sites is 1. The summed E-state index contributed by atoms with van der Waals surface area (Å²) in [5.41, 5.74) is 1.09. The van der Waals surface area contributed by atoms with E-state index in [-0.39, 0.29) is 17.4 Å². The number of anilines is 1. The number of benzene rings is 2. The molecule has 0 saturated heterocycles. The molecule has 0 aliphatic rings. The Hall–Kier alpha value is -2.86. The molecule has 2 rings (SSSR count). The van der Waals surface area contributed by atoms with Gasteiger partial charge in [-0.25, -0.2) is 0 Å². The number of carbonyl (C=O) groups excluding carboxylic acids is 2. The number of hydrogen-bond donors (Lipinski definition) is 2. The number of methoxy groups -OCH3 is 1. The summed E-state index contributed by atoms with van der Waals surface area (Å²) in [4.78, 5) is 25.0. The monoisotopic (exact) mass is 370 g/mol. The fourth-order valence-corrected chi connectivity index (χ4v) is 2.36. The van der Waals surface area contributed by atoms with Crippen molar-refractivity contribution >= 4 is 17.5 Å². The van der Waals surface area contributed by atoms with Gasteiger partial charge in [0.05, 0.1) is 12.2 Å². The maximum Gasteiger partial charge on any atom is 0.259 e. The lowest BCUT2D eigenvalue weighted by Gasteiger charge is -2.20. The summed E-state index contributed by atoms with van der Waals surface area (Å²) in [5, 5.41) is 5.72. The summed E-state index contributed by atoms with van der Waals surface area (Å²) in [6, 6.07) is 13.8. The number of amides is 2. The molecule has 0 aliphatic carbocycles. The Morgan fingerprint density at radius 1 is 0.963 bits per heavy atom. The highest BCUT2D eigenvalue weighted by molar-refractivity contribution is 6.06. The maximum atomic E-state index is 12.7. The summed E-state index contributed by atoms with van der Waals surface area (Å²) in [6.07, 6.45) is 0. The lowest BCUT2D eigenvalue weighted by Crippen LogP contribution is -2.40. The fourth-order valence-electron chi connectivity index (χ4n) is 2.36. The third-order valence-corrected chi connectivity index (χ3v) is 3.55. The minimum atomic E-state index is -0.338. The van der Waals surface area contributed by atoms with Crippen LogP contribution in [-0.4, -0.2) is 37.7 Å². The van der Waals surface area contributed by atoms with Gasteiger partial charge in [0, 0.05) is 23.9 Å². The van der Waals surface area contributed by atoms with Gasteiger partial charge in [-0.15, -0.1) is 0 Å². The summed E-state index contributed by atoms with van der Waals surface area (Å²) in [6.45, 7) is 6.52. The average molecular weight is 370 g/mol. The summed E-state index contributed by atoms with van der Waals surface area (Å²) >= 11 is 0. The standard InChI is InChI=1S/C21H26N2O4/c1-21(2,3)23-19(24)15-8-7-9-16(14-15)22-20(25)17-10-5-6-11-18(17)27-13-12-26-4/h5-11,14H,12-13H2,1-4H3,(H,22,25)(H,23,24). The Kier molecular flexibility index (Phi) is 6.96. The SMILES string of the molecule is COCCOc1ccccc1C(=O)Nc1cccc(C(=O)NC(C)(C)C)c1. The van der Waals surface area contributed by atoms with Crippen molar-refractivity contribution in [2.45, 2.75) is 26.3 Å². The predicted molar refractivity (Wildman–Crippen MR) is 105 cm³/mol. The molecule has 0 atom stereocenters. The first-order chi connectivity index (χ1) is 12.8. The van der Waals surface area contributed by atoms with Gasteiger partial charge in [-0.2, -0.15) is 0 Å². The van der Waals surface area contributed by atoms with Gasteiger partial charge in [0.2, 0.25) is 0 Å². The van der Waals surface area contributed by atoms with Gasteiger partial charge in [0.1, 0.15) is 12.4 Å². The Morgan fingerprint density at radius 2 is 1.70 bits per heavy atom. The molecule has 0 aliphatic heterocycles. The van der Waals surface area contributed by atoms with Crippen LogP contribution in [0.15, 0.2) is 48.5 Å². The van der Waals surface area contributed by atoms with Gasteiger partial charge >= 0.3 is 0 Å². The van der Waals surface area contributed by atoms with Crippen LogP contribution in [0, 0.1) is 0 Å². The van der Waals surface area contributed by atoms with Crippen LogP contribution in [0.1, 0.15) is 41.5 Å². The van der Waals surface area contributed by atoms with E-state index in [1.165, 1.54) is 0 Å². The molecule has 0 heterocycles. The number of carbonyl (C=O) groups is 2. The number of rotatable bonds is 7. The van der Waals surface area contributed by atoms with Crippen molar-refractivity contribution in [3.8, 4) is 5.75 Å². The van der Waals surface area contributed by atoms with Crippen molar-refractivity contribution in [3.05, 3.63) is 59.7 Å². The van der Waals surface area contributed by atoms with E-state index >= 15 is 0 Å². The second kappa shape index (κ2) is 9.19. The molecular weight excluding hydrogens is 344 g/mol. The first-order valence-corrected chi connectivity index (χ1v) is 8.75. The molecule has 6 nitrogen and oxygen atoms in total. The van der Waals surface area contributed by atoms with Crippen LogP contribution in [0.3, 0.4) is 0 Å². The van der Waals surface area contributed by atoms with E-state index < -0.39 is 0 Å². The molecule has 144 valence electrons. The molecule has 0 radical (unpaired) electrons. The normalized spacial score (nSPS) is 11.0. The van der Waals surface area contributed by atoms with E-state index in [4.69, 9.17) is 9.47 Å². The van der Waals surface area contributed by atoms with Crippen LogP contribution in [0.5, 0.6) is 5.75 Å². The first kappa shape index (κ1) is 20.5. The molecule has 2 N–H and O–H groups in total. The zero-order valence-electron chi connectivity index (χ0n) is 16.2. The molecular formula is C21H26N2O4. The van der Waals surface area contributed by atoms with Crippen molar-refractivity contribution in [1.82, 2.24) is 5.32 Å². The summed E-state index contributed by atoms with van der Waals surface area (Å²) < 4.78 is 10.6. The molecule has 2 aromatic rings. The topological polar surface area (TPSA) is 76.7 Å². The van der Waals surface area contributed by atoms with Crippen molar-refractivity contribution in [2.24, 2.45) is 0 Å². The smallest absolute Gasteiger partial charge is 0.259 e. The molecule has 2 amide bonds. The Labute approximate surface area is 159 Å². The van der Waals surface area contributed by atoms with Gasteiger partial charge in [0.15, 0.2) is 0 Å². The van der Waals surface area contributed by atoms with Crippen LogP contribution in [0.4, 0.5) is 5.69 Å². The van der Waals surface area contributed by atoms with Gasteiger partial charge in [-0.05, 0) is 51.1 Å². The van der Waals surface area contributed by atoms with Gasteiger partial charge in [-0.1, -0.05) is 18.2 Å². The van der Waals surface area contributed by atoms with Crippen LogP contribution >= 0.6 is 0 Å². The van der Waals surface area contributed by atoms with Gasteiger partial charge in [0.25, 0.3) is 11.8 Å². The van der Waals surface area contributed by atoms with E-state index in [2.05, 4.69) is 10.6 Å². The van der Waals surface area contributed by atoms with E-state index in [0.29, 0.717) is 35.8 Å². The van der Waals surface area contributed by atoms with E-state index in [1.807, 2.05) is 20.8 Å². The predicted octanol–water partition coefficient (Wildman–Crippen LogP) is 3.49. The van der Waals surface area contributed by atoms with Crippen LogP contribution in [0.25, 0.3) is 0 Å². The van der Waals surface area contributed by atoms with Gasteiger partial charge < -0.3 is 20.1 Å². The molecule has 27 heavy (non-hydrogen) atoms. The van der Waals surface area contributed by atoms with Gasteiger partial charge in [-0.3, -0.25) is 9.59 Å².